The summed E-state index contributed by atoms with van der Waals surface area (Å²) in [5.41, 5.74) is 1.05. The first-order chi connectivity index (χ1) is 9.10. The van der Waals surface area contributed by atoms with E-state index in [9.17, 15) is 8.42 Å². The average molecular weight is 288 g/mol. The molecule has 0 heterocycles. The number of benzene rings is 1. The van der Waals surface area contributed by atoms with Gasteiger partial charge in [0.25, 0.3) is 0 Å². The van der Waals surface area contributed by atoms with E-state index < -0.39 is 10.0 Å². The molecule has 0 bridgehead atoms. The molecule has 0 aromatic heterocycles. The van der Waals surface area contributed by atoms with Gasteiger partial charge in [0.1, 0.15) is 0 Å². The van der Waals surface area contributed by atoms with Gasteiger partial charge in [0.2, 0.25) is 10.0 Å². The van der Waals surface area contributed by atoms with Crippen LogP contribution in [0.3, 0.4) is 0 Å². The lowest BCUT2D eigenvalue weighted by molar-refractivity contribution is 0.135. The summed E-state index contributed by atoms with van der Waals surface area (Å²) >= 11 is 0. The minimum Gasteiger partial charge on any atom is -0.383 e. The maximum atomic E-state index is 11.9. The van der Waals surface area contributed by atoms with Crippen LogP contribution in [0.25, 0.3) is 0 Å². The van der Waals surface area contributed by atoms with Gasteiger partial charge in [-0.3, -0.25) is 0 Å². The smallest absolute Gasteiger partial charge is 0.240 e. The average Bonchev–Trinajstić information content (AvgIpc) is 2.40. The highest BCUT2D eigenvalue weighted by Gasteiger charge is 2.12. The summed E-state index contributed by atoms with van der Waals surface area (Å²) in [5, 5.41) is 0. The number of hydrogen-bond donors (Lipinski definition) is 2. The Hall–Kier alpha value is -0.990. The van der Waals surface area contributed by atoms with E-state index in [0.717, 1.165) is 18.4 Å². The highest BCUT2D eigenvalue weighted by Crippen LogP contribution is 2.11. The molecule has 1 rings (SSSR count). The normalized spacial score (nSPS) is 11.7. The molecule has 19 heavy (non-hydrogen) atoms. The van der Waals surface area contributed by atoms with Crippen LogP contribution in [0.15, 0.2) is 29.2 Å². The first kappa shape index (κ1) is 16.1. The molecule has 3 N–H and O–H groups in total. The van der Waals surface area contributed by atoms with Crippen molar-refractivity contribution in [2.45, 2.75) is 17.7 Å². The summed E-state index contributed by atoms with van der Waals surface area (Å²) in [4.78, 5) is 4.73. The summed E-state index contributed by atoms with van der Waals surface area (Å²) in [6, 6.07) is 6.77. The second-order valence-electron chi connectivity index (χ2n) is 4.01. The van der Waals surface area contributed by atoms with E-state index in [1.807, 2.05) is 0 Å². The molecule has 0 aliphatic heterocycles. The number of hydrogen-bond acceptors (Lipinski definition) is 5. The molecule has 0 aliphatic rings. The van der Waals surface area contributed by atoms with Gasteiger partial charge in [0.15, 0.2) is 0 Å². The minimum absolute atomic E-state index is 0.252. The van der Waals surface area contributed by atoms with Gasteiger partial charge in [-0.15, -0.1) is 0 Å². The van der Waals surface area contributed by atoms with Crippen molar-refractivity contribution in [3.05, 3.63) is 29.8 Å². The zero-order valence-electron chi connectivity index (χ0n) is 11.0. The summed E-state index contributed by atoms with van der Waals surface area (Å²) in [5.74, 6) is 4.93. The van der Waals surface area contributed by atoms with Crippen LogP contribution in [0.1, 0.15) is 12.0 Å². The fraction of sp³-hybridized carbons (Fsp3) is 0.500. The van der Waals surface area contributed by atoms with Crippen LogP contribution < -0.4 is 10.6 Å². The first-order valence-corrected chi connectivity index (χ1v) is 7.47. The number of rotatable bonds is 9. The third-order valence-corrected chi connectivity index (χ3v) is 4.04. The van der Waals surface area contributed by atoms with Crippen molar-refractivity contribution in [2.24, 2.45) is 5.90 Å². The number of sulfonamides is 1. The van der Waals surface area contributed by atoms with Crippen LogP contribution in [0.2, 0.25) is 0 Å². The molecule has 0 aliphatic carbocycles. The van der Waals surface area contributed by atoms with E-state index in [4.69, 9.17) is 10.6 Å². The Morgan fingerprint density at radius 2 is 1.89 bits per heavy atom. The molecular weight excluding hydrogens is 268 g/mol. The molecule has 0 unspecified atom stereocenters. The van der Waals surface area contributed by atoms with E-state index in [0.29, 0.717) is 13.2 Å². The standard InChI is InChI=1S/C12H20N2O4S/c1-17-10-8-14-19(15,16)12-6-4-11(5-7-12)3-2-9-18-13/h4-7,14H,2-3,8-10,13H2,1H3. The van der Waals surface area contributed by atoms with Crippen molar-refractivity contribution in [1.29, 1.82) is 0 Å². The van der Waals surface area contributed by atoms with Gasteiger partial charge < -0.3 is 9.57 Å². The van der Waals surface area contributed by atoms with Crippen molar-refractivity contribution >= 4 is 10.0 Å². The third-order valence-electron chi connectivity index (χ3n) is 2.56. The van der Waals surface area contributed by atoms with E-state index in [1.165, 1.54) is 7.11 Å². The van der Waals surface area contributed by atoms with Gasteiger partial charge in [-0.25, -0.2) is 19.0 Å². The molecule has 108 valence electrons. The molecular formula is C12H20N2O4S. The lowest BCUT2D eigenvalue weighted by Crippen LogP contribution is -2.27. The lowest BCUT2D eigenvalue weighted by atomic mass is 10.1. The van der Waals surface area contributed by atoms with E-state index in [2.05, 4.69) is 9.56 Å². The van der Waals surface area contributed by atoms with Crippen LogP contribution >= 0.6 is 0 Å². The number of methoxy groups -OCH3 is 1. The van der Waals surface area contributed by atoms with Crippen molar-refractivity contribution in [3.63, 3.8) is 0 Å². The maximum absolute atomic E-state index is 11.9. The SMILES string of the molecule is COCCNS(=O)(=O)c1ccc(CCCON)cc1. The fourth-order valence-corrected chi connectivity index (χ4v) is 2.57. The van der Waals surface area contributed by atoms with E-state index >= 15 is 0 Å². The van der Waals surface area contributed by atoms with E-state index in [-0.39, 0.29) is 11.4 Å². The topological polar surface area (TPSA) is 90.6 Å². The highest BCUT2D eigenvalue weighted by atomic mass is 32.2. The Kier molecular flexibility index (Phi) is 6.96. The molecule has 0 amide bonds. The first-order valence-electron chi connectivity index (χ1n) is 5.99. The number of ether oxygens (including phenoxy) is 1. The maximum Gasteiger partial charge on any atom is 0.240 e. The van der Waals surface area contributed by atoms with Crippen LogP contribution in [0.4, 0.5) is 0 Å². The van der Waals surface area contributed by atoms with Crippen LogP contribution in [0.5, 0.6) is 0 Å². The van der Waals surface area contributed by atoms with Crippen molar-refractivity contribution in [3.8, 4) is 0 Å². The van der Waals surface area contributed by atoms with E-state index in [1.54, 1.807) is 24.3 Å². The van der Waals surface area contributed by atoms with Crippen LogP contribution in [0, 0.1) is 0 Å². The van der Waals surface area contributed by atoms with Crippen LogP contribution in [-0.4, -0.2) is 35.3 Å². The van der Waals surface area contributed by atoms with Gasteiger partial charge in [-0.1, -0.05) is 12.1 Å². The van der Waals surface area contributed by atoms with Gasteiger partial charge >= 0.3 is 0 Å². The Morgan fingerprint density at radius 1 is 1.21 bits per heavy atom. The molecule has 0 fully saturated rings. The molecule has 0 atom stereocenters. The second kappa shape index (κ2) is 8.23. The third kappa shape index (κ3) is 5.66. The quantitative estimate of drug-likeness (QED) is 0.508. The Bertz CT molecular complexity index is 459. The number of aryl methyl sites for hydroxylation is 1. The fourth-order valence-electron chi connectivity index (χ4n) is 1.56. The zero-order chi connectivity index (χ0) is 14.1. The molecule has 6 nitrogen and oxygen atoms in total. The minimum atomic E-state index is -3.45. The largest absolute Gasteiger partial charge is 0.383 e. The number of nitrogens with one attached hydrogen (secondary N) is 1. The molecule has 0 spiro atoms. The molecule has 1 aromatic rings. The second-order valence-corrected chi connectivity index (χ2v) is 5.78. The van der Waals surface area contributed by atoms with Crippen molar-refractivity contribution in [1.82, 2.24) is 4.72 Å². The Balaban J connectivity index is 2.59. The van der Waals surface area contributed by atoms with Gasteiger partial charge in [0, 0.05) is 13.7 Å². The van der Waals surface area contributed by atoms with Gasteiger partial charge in [-0.05, 0) is 30.5 Å². The monoisotopic (exact) mass is 288 g/mol. The molecule has 1 aromatic carbocycles. The lowest BCUT2D eigenvalue weighted by Gasteiger charge is -2.07. The Labute approximate surface area is 113 Å². The van der Waals surface area contributed by atoms with Gasteiger partial charge in [0.05, 0.1) is 18.1 Å². The van der Waals surface area contributed by atoms with Crippen LogP contribution in [-0.2, 0) is 26.0 Å². The summed E-state index contributed by atoms with van der Waals surface area (Å²) < 4.78 is 31.0. The van der Waals surface area contributed by atoms with Crippen molar-refractivity contribution in [2.75, 3.05) is 26.9 Å². The summed E-state index contributed by atoms with van der Waals surface area (Å²) in [6.45, 7) is 1.09. The molecule has 0 saturated heterocycles. The zero-order valence-corrected chi connectivity index (χ0v) is 11.8. The Morgan fingerprint density at radius 3 is 2.47 bits per heavy atom. The predicted molar refractivity (Wildman–Crippen MR) is 72.0 cm³/mol. The summed E-state index contributed by atoms with van der Waals surface area (Å²) in [7, 11) is -1.93. The molecule has 7 heteroatoms. The summed E-state index contributed by atoms with van der Waals surface area (Å²) in [6.07, 6.45) is 1.60. The molecule has 0 saturated carbocycles. The predicted octanol–water partition coefficient (Wildman–Crippen LogP) is 0.434. The van der Waals surface area contributed by atoms with Crippen molar-refractivity contribution < 1.29 is 18.0 Å². The highest BCUT2D eigenvalue weighted by molar-refractivity contribution is 7.89. The van der Waals surface area contributed by atoms with Gasteiger partial charge in [-0.2, -0.15) is 0 Å². The molecule has 0 radical (unpaired) electrons. The number of nitrogens with two attached hydrogens (primary N) is 1.